The van der Waals surface area contributed by atoms with Crippen LogP contribution in [0.5, 0.6) is 6.01 Å². The number of anilines is 1. The average molecular weight is 450 g/mol. The Morgan fingerprint density at radius 1 is 1.18 bits per heavy atom. The third kappa shape index (κ3) is 4.62. The predicted octanol–water partition coefficient (Wildman–Crippen LogP) is 5.21. The van der Waals surface area contributed by atoms with Crippen molar-refractivity contribution < 1.29 is 13.5 Å². The molecule has 1 aliphatic rings. The zero-order chi connectivity index (χ0) is 22.8. The summed E-state index contributed by atoms with van der Waals surface area (Å²) in [6.45, 7) is 2.34. The summed E-state index contributed by atoms with van der Waals surface area (Å²) in [6.07, 6.45) is 9.92. The number of fused-ring (bicyclic) bond motifs is 1. The van der Waals surface area contributed by atoms with E-state index in [2.05, 4.69) is 25.4 Å². The van der Waals surface area contributed by atoms with E-state index in [0.717, 1.165) is 24.5 Å². The van der Waals surface area contributed by atoms with Gasteiger partial charge in [0.25, 0.3) is 0 Å². The highest BCUT2D eigenvalue weighted by Gasteiger charge is 2.19. The molecule has 0 bridgehead atoms. The van der Waals surface area contributed by atoms with Gasteiger partial charge in [-0.25, -0.2) is 18.3 Å². The van der Waals surface area contributed by atoms with Gasteiger partial charge in [-0.3, -0.25) is 0 Å². The summed E-state index contributed by atoms with van der Waals surface area (Å²) in [6, 6.07) is 6.87. The Bertz CT molecular complexity index is 1270. The minimum atomic E-state index is -0.617. The highest BCUT2D eigenvalue weighted by atomic mass is 19.1. The zero-order valence-electron chi connectivity index (χ0n) is 18.2. The van der Waals surface area contributed by atoms with Crippen LogP contribution in [0.15, 0.2) is 48.9 Å². The fraction of sp³-hybridized carbons (Fsp3) is 0.333. The van der Waals surface area contributed by atoms with Gasteiger partial charge in [-0.05, 0) is 37.8 Å². The first-order valence-electron chi connectivity index (χ1n) is 11.1. The molecule has 5 rings (SSSR count). The monoisotopic (exact) mass is 450 g/mol. The van der Waals surface area contributed by atoms with Crippen LogP contribution in [0.2, 0.25) is 0 Å². The Morgan fingerprint density at radius 2 is 2.03 bits per heavy atom. The third-order valence-corrected chi connectivity index (χ3v) is 5.98. The van der Waals surface area contributed by atoms with Crippen molar-refractivity contribution in [2.75, 3.05) is 11.9 Å². The fourth-order valence-corrected chi connectivity index (χ4v) is 4.23. The van der Waals surface area contributed by atoms with Crippen molar-refractivity contribution in [3.63, 3.8) is 0 Å². The van der Waals surface area contributed by atoms with E-state index in [9.17, 15) is 8.78 Å². The molecule has 9 heteroatoms. The number of hydrogen-bond donors (Lipinski definition) is 1. The predicted molar refractivity (Wildman–Crippen MR) is 120 cm³/mol. The smallest absolute Gasteiger partial charge is 0.318 e. The van der Waals surface area contributed by atoms with E-state index in [1.165, 1.54) is 25.0 Å². The number of aromatic nitrogens is 5. The molecule has 0 unspecified atom stereocenters. The second kappa shape index (κ2) is 9.09. The minimum absolute atomic E-state index is 0.240. The van der Waals surface area contributed by atoms with Crippen molar-refractivity contribution >= 4 is 11.5 Å². The van der Waals surface area contributed by atoms with Crippen LogP contribution in [-0.2, 0) is 0 Å². The van der Waals surface area contributed by atoms with Crippen LogP contribution in [0, 0.1) is 17.6 Å². The number of benzene rings is 1. The van der Waals surface area contributed by atoms with Crippen LogP contribution in [-0.4, -0.2) is 31.2 Å². The van der Waals surface area contributed by atoms with Crippen molar-refractivity contribution in [1.82, 2.24) is 24.6 Å². The molecule has 3 aromatic heterocycles. The lowest BCUT2D eigenvalue weighted by atomic mass is 10.1. The summed E-state index contributed by atoms with van der Waals surface area (Å²) in [5.41, 5.74) is 2.31. The Morgan fingerprint density at radius 3 is 2.85 bits per heavy atom. The molecule has 33 heavy (non-hydrogen) atoms. The first kappa shape index (κ1) is 21.2. The van der Waals surface area contributed by atoms with Gasteiger partial charge in [-0.1, -0.05) is 18.9 Å². The number of rotatable bonds is 7. The fourth-order valence-electron chi connectivity index (χ4n) is 4.23. The van der Waals surface area contributed by atoms with Crippen LogP contribution in [0.25, 0.3) is 16.9 Å². The van der Waals surface area contributed by atoms with Crippen molar-refractivity contribution in [1.29, 1.82) is 0 Å². The summed E-state index contributed by atoms with van der Waals surface area (Å²) in [7, 11) is 0. The van der Waals surface area contributed by atoms with E-state index in [1.807, 2.05) is 6.20 Å². The SMILES string of the molecule is C[C@H](Nc1cc(-c2cnn3cccnc23)nc(OCC2CCCC2)n1)c1ccc(F)cc1F. The van der Waals surface area contributed by atoms with Gasteiger partial charge in [0.2, 0.25) is 0 Å². The quantitative estimate of drug-likeness (QED) is 0.417. The lowest BCUT2D eigenvalue weighted by molar-refractivity contribution is 0.234. The molecule has 7 nitrogen and oxygen atoms in total. The Hall–Kier alpha value is -3.62. The Labute approximate surface area is 189 Å². The summed E-state index contributed by atoms with van der Waals surface area (Å²) in [5.74, 6) is -0.266. The molecular weight excluding hydrogens is 426 g/mol. The van der Waals surface area contributed by atoms with Gasteiger partial charge in [-0.2, -0.15) is 15.1 Å². The first-order valence-corrected chi connectivity index (χ1v) is 11.1. The van der Waals surface area contributed by atoms with Gasteiger partial charge in [0.1, 0.15) is 17.5 Å². The van der Waals surface area contributed by atoms with E-state index in [-0.39, 0.29) is 6.01 Å². The van der Waals surface area contributed by atoms with Gasteiger partial charge < -0.3 is 10.1 Å². The molecule has 0 amide bonds. The highest BCUT2D eigenvalue weighted by Crippen LogP contribution is 2.29. The third-order valence-electron chi connectivity index (χ3n) is 5.98. The molecule has 1 atom stereocenters. The van der Waals surface area contributed by atoms with Crippen molar-refractivity contribution in [3.05, 3.63) is 66.1 Å². The van der Waals surface area contributed by atoms with Crippen molar-refractivity contribution in [3.8, 4) is 17.3 Å². The van der Waals surface area contributed by atoms with Gasteiger partial charge in [0, 0.05) is 30.1 Å². The molecule has 170 valence electrons. The van der Waals surface area contributed by atoms with E-state index in [4.69, 9.17) is 4.74 Å². The van der Waals surface area contributed by atoms with Gasteiger partial charge in [0.05, 0.1) is 30.1 Å². The van der Waals surface area contributed by atoms with Crippen LogP contribution >= 0.6 is 0 Å². The second-order valence-corrected chi connectivity index (χ2v) is 8.36. The molecule has 1 aliphatic carbocycles. The van der Waals surface area contributed by atoms with Crippen molar-refractivity contribution in [2.24, 2.45) is 5.92 Å². The normalized spacial score (nSPS) is 15.1. The van der Waals surface area contributed by atoms with E-state index >= 15 is 0 Å². The molecule has 0 saturated heterocycles. The van der Waals surface area contributed by atoms with E-state index in [0.29, 0.717) is 35.2 Å². The number of nitrogens with one attached hydrogen (secondary N) is 1. The second-order valence-electron chi connectivity index (χ2n) is 8.36. The minimum Gasteiger partial charge on any atom is -0.463 e. The molecule has 1 aromatic carbocycles. The Kier molecular flexibility index (Phi) is 5.85. The standard InChI is InChI=1S/C24H24F2N6O/c1-15(18-8-7-17(25)11-20(18)26)29-22-12-21(19-13-28-32-10-4-9-27-23(19)32)30-24(31-22)33-14-16-5-2-3-6-16/h4,7-13,15-16H,2-3,5-6,14H2,1H3,(H,29,30,31)/t15-/m0/s1. The van der Waals surface area contributed by atoms with Gasteiger partial charge >= 0.3 is 6.01 Å². The maximum Gasteiger partial charge on any atom is 0.318 e. The summed E-state index contributed by atoms with van der Waals surface area (Å²) >= 11 is 0. The van der Waals surface area contributed by atoms with Crippen LogP contribution < -0.4 is 10.1 Å². The van der Waals surface area contributed by atoms with Crippen LogP contribution in [0.4, 0.5) is 14.6 Å². The molecule has 4 aromatic rings. The first-order chi connectivity index (χ1) is 16.1. The Balaban J connectivity index is 1.47. The molecule has 3 heterocycles. The summed E-state index contributed by atoms with van der Waals surface area (Å²) in [4.78, 5) is 13.5. The number of hydrogen-bond acceptors (Lipinski definition) is 6. The zero-order valence-corrected chi connectivity index (χ0v) is 18.2. The molecule has 0 radical (unpaired) electrons. The van der Waals surface area contributed by atoms with Crippen molar-refractivity contribution in [2.45, 2.75) is 38.6 Å². The number of nitrogens with zero attached hydrogens (tertiary/aromatic N) is 5. The lowest BCUT2D eigenvalue weighted by Crippen LogP contribution is -2.13. The maximum atomic E-state index is 14.3. The number of halogens is 2. The topological polar surface area (TPSA) is 77.2 Å². The van der Waals surface area contributed by atoms with E-state index < -0.39 is 17.7 Å². The molecule has 0 spiro atoms. The molecule has 1 fully saturated rings. The number of ether oxygens (including phenoxy) is 1. The molecule has 1 saturated carbocycles. The van der Waals surface area contributed by atoms with Crippen LogP contribution in [0.3, 0.4) is 0 Å². The van der Waals surface area contributed by atoms with Gasteiger partial charge in [-0.15, -0.1) is 0 Å². The largest absolute Gasteiger partial charge is 0.463 e. The molecular formula is C24H24F2N6O. The summed E-state index contributed by atoms with van der Waals surface area (Å²) < 4.78 is 35.3. The van der Waals surface area contributed by atoms with Crippen LogP contribution in [0.1, 0.15) is 44.2 Å². The molecule has 0 aliphatic heterocycles. The van der Waals surface area contributed by atoms with Gasteiger partial charge in [0.15, 0.2) is 5.65 Å². The maximum absolute atomic E-state index is 14.3. The average Bonchev–Trinajstić information content (AvgIpc) is 3.47. The summed E-state index contributed by atoms with van der Waals surface area (Å²) in [5, 5.41) is 7.54. The molecule has 1 N–H and O–H groups in total. The van der Waals surface area contributed by atoms with E-state index in [1.54, 1.807) is 36.0 Å². The highest BCUT2D eigenvalue weighted by molar-refractivity contribution is 5.75. The lowest BCUT2D eigenvalue weighted by Gasteiger charge is -2.17.